The Morgan fingerprint density at radius 2 is 1.72 bits per heavy atom. The van der Waals surface area contributed by atoms with Crippen LogP contribution in [0.5, 0.6) is 11.5 Å². The Kier molecular flexibility index (Phi) is 5.18. The molecule has 2 aliphatic heterocycles. The minimum atomic E-state index is -3.03. The predicted molar refractivity (Wildman–Crippen MR) is 105 cm³/mol. The summed E-state index contributed by atoms with van der Waals surface area (Å²) >= 11 is 0. The highest BCUT2D eigenvalue weighted by Gasteiger charge is 2.50. The number of ether oxygens (including phenoxy) is 1. The Bertz CT molecular complexity index is 974. The lowest BCUT2D eigenvalue weighted by molar-refractivity contribution is -0.385. The molecule has 2 aromatic carbocycles. The van der Waals surface area contributed by atoms with Crippen LogP contribution in [-0.2, 0) is 9.09 Å². The molecule has 152 valence electrons. The van der Waals surface area contributed by atoms with Crippen molar-refractivity contribution < 1.29 is 18.7 Å². The molecule has 0 bridgehead atoms. The van der Waals surface area contributed by atoms with E-state index in [0.29, 0.717) is 11.3 Å². The summed E-state index contributed by atoms with van der Waals surface area (Å²) in [5.41, 5.74) is 0.628. The third-order valence-electron chi connectivity index (χ3n) is 4.68. The number of hydrogen-bond acceptors (Lipinski definition) is 7. The van der Waals surface area contributed by atoms with Crippen molar-refractivity contribution in [2.45, 2.75) is 13.0 Å². The van der Waals surface area contributed by atoms with Gasteiger partial charge in [0.25, 0.3) is 0 Å². The highest BCUT2D eigenvalue weighted by molar-refractivity contribution is 7.54. The molecule has 0 spiro atoms. The van der Waals surface area contributed by atoms with Crippen LogP contribution in [0.3, 0.4) is 0 Å². The van der Waals surface area contributed by atoms with Gasteiger partial charge in [-0.05, 0) is 54.1 Å². The first-order valence-electron chi connectivity index (χ1n) is 9.09. The van der Waals surface area contributed by atoms with E-state index in [1.807, 2.05) is 9.34 Å². The second kappa shape index (κ2) is 7.64. The van der Waals surface area contributed by atoms with Gasteiger partial charge in [-0.25, -0.2) is 9.34 Å². The van der Waals surface area contributed by atoms with Gasteiger partial charge in [-0.1, -0.05) is 0 Å². The molecule has 4 rings (SSSR count). The van der Waals surface area contributed by atoms with Gasteiger partial charge in [-0.15, -0.1) is 4.91 Å². The minimum Gasteiger partial charge on any atom is -0.450 e. The smallest absolute Gasteiger partial charge is 0.346 e. The average Bonchev–Trinajstić information content (AvgIpc) is 3.59. The van der Waals surface area contributed by atoms with Crippen molar-refractivity contribution in [3.8, 4) is 11.5 Å². The molecule has 0 amide bonds. The molecule has 2 aromatic rings. The van der Waals surface area contributed by atoms with E-state index in [4.69, 9.17) is 9.26 Å². The zero-order valence-corrected chi connectivity index (χ0v) is 16.5. The molecule has 10 nitrogen and oxygen atoms in total. The van der Waals surface area contributed by atoms with E-state index in [1.165, 1.54) is 36.4 Å². The Balaban J connectivity index is 1.59. The first-order valence-corrected chi connectivity index (χ1v) is 10.6. The summed E-state index contributed by atoms with van der Waals surface area (Å²) in [4.78, 5) is 21.4. The van der Waals surface area contributed by atoms with Gasteiger partial charge < -0.3 is 4.74 Å². The monoisotopic (exact) mass is 418 g/mol. The Labute approximate surface area is 166 Å². The van der Waals surface area contributed by atoms with Crippen LogP contribution in [0.1, 0.15) is 18.6 Å². The average molecular weight is 418 g/mol. The van der Waals surface area contributed by atoms with E-state index in [-0.39, 0.29) is 17.1 Å². The molecular formula is C18H19N4O6P. The lowest BCUT2D eigenvalue weighted by Crippen LogP contribution is -2.10. The number of nitro groups is 1. The zero-order valence-electron chi connectivity index (χ0n) is 15.6. The lowest BCUT2D eigenvalue weighted by Gasteiger charge is -2.24. The molecular weight excluding hydrogens is 399 g/mol. The molecule has 2 fully saturated rings. The summed E-state index contributed by atoms with van der Waals surface area (Å²) in [6.07, 6.45) is -0.549. The van der Waals surface area contributed by atoms with Gasteiger partial charge >= 0.3 is 13.4 Å². The Hall–Kier alpha value is -2.65. The fourth-order valence-corrected chi connectivity index (χ4v) is 5.24. The van der Waals surface area contributed by atoms with E-state index in [0.717, 1.165) is 26.2 Å². The quantitative estimate of drug-likeness (QED) is 0.191. The van der Waals surface area contributed by atoms with Crippen LogP contribution < -0.4 is 4.74 Å². The van der Waals surface area contributed by atoms with Crippen molar-refractivity contribution in [1.82, 2.24) is 9.34 Å². The molecule has 0 aromatic heterocycles. The highest BCUT2D eigenvalue weighted by atomic mass is 31.2. The molecule has 0 N–H and O–H groups in total. The van der Waals surface area contributed by atoms with Gasteiger partial charge in [-0.2, -0.15) is 0 Å². The largest absolute Gasteiger partial charge is 0.450 e. The number of nitro benzene ring substituents is 1. The van der Waals surface area contributed by atoms with E-state index in [1.54, 1.807) is 13.0 Å². The third kappa shape index (κ3) is 4.20. The van der Waals surface area contributed by atoms with Crippen LogP contribution in [0, 0.1) is 15.0 Å². The molecule has 2 saturated heterocycles. The van der Waals surface area contributed by atoms with Crippen molar-refractivity contribution in [3.63, 3.8) is 0 Å². The van der Waals surface area contributed by atoms with Gasteiger partial charge in [0, 0.05) is 32.2 Å². The molecule has 2 aliphatic rings. The molecule has 11 heteroatoms. The summed E-state index contributed by atoms with van der Waals surface area (Å²) < 4.78 is 28.4. The number of rotatable bonds is 9. The maximum absolute atomic E-state index is 13.2. The van der Waals surface area contributed by atoms with Crippen molar-refractivity contribution in [3.05, 3.63) is 63.0 Å². The molecule has 0 aliphatic carbocycles. The highest BCUT2D eigenvalue weighted by Crippen LogP contribution is 2.63. The van der Waals surface area contributed by atoms with E-state index < -0.39 is 18.7 Å². The normalized spacial score (nSPS) is 17.6. The van der Waals surface area contributed by atoms with Gasteiger partial charge in [0.2, 0.25) is 5.75 Å². The maximum Gasteiger partial charge on any atom is 0.346 e. The van der Waals surface area contributed by atoms with Gasteiger partial charge in [-0.3, -0.25) is 19.2 Å². The first-order chi connectivity index (χ1) is 13.9. The number of benzene rings is 2. The standard InChI is InChI=1S/C18H19N4O6P/c1-13(28-29(26,20-8-9-20)21-10-11-21)14-2-7-17(22(24)25)18(12-14)27-16-5-3-15(19-23)4-6-16/h2-7,12-13H,8-11H2,1H3. The molecule has 0 saturated carbocycles. The fourth-order valence-electron chi connectivity index (χ4n) is 2.89. The van der Waals surface area contributed by atoms with Gasteiger partial charge in [0.1, 0.15) is 11.4 Å². The minimum absolute atomic E-state index is 0.0306. The van der Waals surface area contributed by atoms with Crippen molar-refractivity contribution in [2.75, 3.05) is 26.2 Å². The van der Waals surface area contributed by atoms with Crippen LogP contribution in [-0.4, -0.2) is 40.4 Å². The van der Waals surface area contributed by atoms with E-state index in [9.17, 15) is 19.6 Å². The lowest BCUT2D eigenvalue weighted by atomic mass is 10.1. The van der Waals surface area contributed by atoms with Crippen molar-refractivity contribution >= 4 is 19.0 Å². The van der Waals surface area contributed by atoms with Gasteiger partial charge in [0.15, 0.2) is 0 Å². The van der Waals surface area contributed by atoms with Crippen molar-refractivity contribution in [2.24, 2.45) is 5.18 Å². The molecule has 29 heavy (non-hydrogen) atoms. The number of hydrogen-bond donors (Lipinski definition) is 0. The second-order valence-electron chi connectivity index (χ2n) is 6.82. The van der Waals surface area contributed by atoms with Crippen LogP contribution >= 0.6 is 7.67 Å². The summed E-state index contributed by atoms with van der Waals surface area (Å²) in [6, 6.07) is 10.3. The third-order valence-corrected chi connectivity index (χ3v) is 7.50. The van der Waals surface area contributed by atoms with Gasteiger partial charge in [0.05, 0.1) is 11.0 Å². The second-order valence-corrected chi connectivity index (χ2v) is 9.14. The van der Waals surface area contributed by atoms with E-state index >= 15 is 0 Å². The number of nitrogens with zero attached hydrogens (tertiary/aromatic N) is 4. The topological polar surface area (TPSA) is 114 Å². The SMILES string of the molecule is CC(OP(=O)(N1CC1)N1CC1)c1ccc([N+](=O)[O-])c(Oc2ccc(N=O)cc2)c1. The van der Waals surface area contributed by atoms with Crippen LogP contribution in [0.15, 0.2) is 47.6 Å². The fraction of sp³-hybridized carbons (Fsp3) is 0.333. The first kappa shape index (κ1) is 19.7. The molecule has 1 atom stereocenters. The molecule has 0 radical (unpaired) electrons. The van der Waals surface area contributed by atoms with Crippen molar-refractivity contribution in [1.29, 1.82) is 0 Å². The summed E-state index contributed by atoms with van der Waals surface area (Å²) in [5, 5.41) is 14.2. The zero-order chi connectivity index (χ0) is 20.6. The molecule has 2 heterocycles. The summed E-state index contributed by atoms with van der Waals surface area (Å²) in [5.74, 6) is 0.355. The summed E-state index contributed by atoms with van der Waals surface area (Å²) in [7, 11) is -3.03. The molecule has 1 unspecified atom stereocenters. The number of nitroso groups, excluding NO2 is 1. The Morgan fingerprint density at radius 1 is 1.10 bits per heavy atom. The van der Waals surface area contributed by atoms with Crippen LogP contribution in [0.4, 0.5) is 11.4 Å². The Morgan fingerprint density at radius 3 is 2.24 bits per heavy atom. The maximum atomic E-state index is 13.2. The van der Waals surface area contributed by atoms with E-state index in [2.05, 4.69) is 5.18 Å². The van der Waals surface area contributed by atoms with Crippen LogP contribution in [0.2, 0.25) is 0 Å². The van der Waals surface area contributed by atoms with Crippen LogP contribution in [0.25, 0.3) is 0 Å². The predicted octanol–water partition coefficient (Wildman–Crippen LogP) is 4.60. The summed E-state index contributed by atoms with van der Waals surface area (Å²) in [6.45, 7) is 4.71.